The Morgan fingerprint density at radius 2 is 1.69 bits per heavy atom. The van der Waals surface area contributed by atoms with Gasteiger partial charge in [0.2, 0.25) is 0 Å². The Morgan fingerprint density at radius 1 is 1.03 bits per heavy atom. The fourth-order valence-corrected chi connectivity index (χ4v) is 4.54. The number of hydrogen-bond acceptors (Lipinski definition) is 4. The van der Waals surface area contributed by atoms with Gasteiger partial charge in [0.25, 0.3) is 15.9 Å². The van der Waals surface area contributed by atoms with Crippen molar-refractivity contribution in [2.45, 2.75) is 63.0 Å². The van der Waals surface area contributed by atoms with Crippen LogP contribution >= 0.6 is 0 Å². The van der Waals surface area contributed by atoms with E-state index in [-0.39, 0.29) is 16.8 Å². The lowest BCUT2D eigenvalue weighted by Crippen LogP contribution is -2.43. The first-order chi connectivity index (χ1) is 13.8. The van der Waals surface area contributed by atoms with Crippen LogP contribution in [-0.2, 0) is 14.8 Å². The number of carbonyl (C=O) groups is 1. The van der Waals surface area contributed by atoms with Crippen molar-refractivity contribution in [1.29, 1.82) is 0 Å². The van der Waals surface area contributed by atoms with Gasteiger partial charge < -0.3 is 10.1 Å². The molecule has 29 heavy (non-hydrogen) atoms. The molecule has 0 bridgehead atoms. The maximum Gasteiger partial charge on any atom is 0.261 e. The lowest BCUT2D eigenvalue weighted by Gasteiger charge is -2.24. The highest BCUT2D eigenvalue weighted by atomic mass is 32.2. The van der Waals surface area contributed by atoms with Gasteiger partial charge in [0.1, 0.15) is 5.75 Å². The highest BCUT2D eigenvalue weighted by molar-refractivity contribution is 7.92. The highest BCUT2D eigenvalue weighted by Crippen LogP contribution is 2.22. The summed E-state index contributed by atoms with van der Waals surface area (Å²) in [7, 11) is -3.70. The molecule has 6 nitrogen and oxygen atoms in total. The molecule has 1 saturated carbocycles. The van der Waals surface area contributed by atoms with Crippen molar-refractivity contribution < 1.29 is 17.9 Å². The Labute approximate surface area is 172 Å². The van der Waals surface area contributed by atoms with Crippen LogP contribution in [0.5, 0.6) is 5.75 Å². The summed E-state index contributed by atoms with van der Waals surface area (Å²) in [6, 6.07) is 13.5. The Kier molecular flexibility index (Phi) is 6.79. The summed E-state index contributed by atoms with van der Waals surface area (Å²) in [5, 5.41) is 3.04. The van der Waals surface area contributed by atoms with Crippen LogP contribution in [0.3, 0.4) is 0 Å². The van der Waals surface area contributed by atoms with Crippen LogP contribution < -0.4 is 14.8 Å². The molecule has 0 aliphatic heterocycles. The molecule has 0 spiro atoms. The van der Waals surface area contributed by atoms with E-state index in [2.05, 4.69) is 10.0 Å². The first-order valence-electron chi connectivity index (χ1n) is 10.0. The third-order valence-corrected chi connectivity index (χ3v) is 6.54. The Morgan fingerprint density at radius 3 is 2.34 bits per heavy atom. The maximum atomic E-state index is 12.6. The predicted molar refractivity (Wildman–Crippen MR) is 114 cm³/mol. The second-order valence-corrected chi connectivity index (χ2v) is 9.18. The topological polar surface area (TPSA) is 84.5 Å². The van der Waals surface area contributed by atoms with Crippen LogP contribution in [0.15, 0.2) is 53.4 Å². The SMILES string of the molecule is Cc1ccccc1NS(=O)(=O)c1ccc(O[C@@H](C)C(=O)NC2CCCCC2)cc1. The number of ether oxygens (including phenoxy) is 1. The smallest absolute Gasteiger partial charge is 0.261 e. The Hall–Kier alpha value is -2.54. The minimum Gasteiger partial charge on any atom is -0.481 e. The van der Waals surface area contributed by atoms with Crippen molar-refractivity contribution in [3.05, 3.63) is 54.1 Å². The van der Waals surface area contributed by atoms with E-state index in [1.165, 1.54) is 18.6 Å². The Balaban J connectivity index is 1.60. The summed E-state index contributed by atoms with van der Waals surface area (Å²) in [6.07, 6.45) is 4.90. The summed E-state index contributed by atoms with van der Waals surface area (Å²) in [5.74, 6) is 0.306. The van der Waals surface area contributed by atoms with Gasteiger partial charge in [-0.1, -0.05) is 37.5 Å². The molecule has 1 fully saturated rings. The summed E-state index contributed by atoms with van der Waals surface area (Å²) >= 11 is 0. The average molecular weight is 417 g/mol. The fraction of sp³-hybridized carbons (Fsp3) is 0.409. The van der Waals surface area contributed by atoms with E-state index in [0.29, 0.717) is 11.4 Å². The molecule has 1 aliphatic rings. The second kappa shape index (κ2) is 9.31. The van der Waals surface area contributed by atoms with Gasteiger partial charge in [0.15, 0.2) is 6.10 Å². The molecular weight excluding hydrogens is 388 g/mol. The van der Waals surface area contributed by atoms with Gasteiger partial charge in [-0.05, 0) is 62.6 Å². The van der Waals surface area contributed by atoms with Gasteiger partial charge in [0.05, 0.1) is 10.6 Å². The first kappa shape index (κ1) is 21.2. The number of hydrogen-bond donors (Lipinski definition) is 2. The van der Waals surface area contributed by atoms with E-state index in [1.807, 2.05) is 19.1 Å². The van der Waals surface area contributed by atoms with Gasteiger partial charge in [-0.25, -0.2) is 8.42 Å². The molecule has 7 heteroatoms. The van der Waals surface area contributed by atoms with E-state index in [4.69, 9.17) is 4.74 Å². The third-order valence-electron chi connectivity index (χ3n) is 5.16. The zero-order valence-electron chi connectivity index (χ0n) is 16.9. The summed E-state index contributed by atoms with van der Waals surface area (Å²) in [6.45, 7) is 3.54. The zero-order chi connectivity index (χ0) is 20.9. The van der Waals surface area contributed by atoms with E-state index in [1.54, 1.807) is 31.2 Å². The number of carbonyl (C=O) groups excluding carboxylic acids is 1. The number of amides is 1. The van der Waals surface area contributed by atoms with E-state index in [9.17, 15) is 13.2 Å². The van der Waals surface area contributed by atoms with Crippen LogP contribution in [0.1, 0.15) is 44.6 Å². The van der Waals surface area contributed by atoms with E-state index < -0.39 is 16.1 Å². The van der Waals surface area contributed by atoms with E-state index >= 15 is 0 Å². The van der Waals surface area contributed by atoms with Crippen molar-refractivity contribution in [1.82, 2.24) is 5.32 Å². The number of benzene rings is 2. The first-order valence-corrected chi connectivity index (χ1v) is 11.5. The minimum atomic E-state index is -3.70. The quantitative estimate of drug-likeness (QED) is 0.714. The second-order valence-electron chi connectivity index (χ2n) is 7.50. The molecule has 0 radical (unpaired) electrons. The zero-order valence-corrected chi connectivity index (χ0v) is 17.7. The predicted octanol–water partition coefficient (Wildman–Crippen LogP) is 4.01. The molecule has 1 amide bonds. The number of para-hydroxylation sites is 1. The number of nitrogens with one attached hydrogen (secondary N) is 2. The van der Waals surface area contributed by atoms with Gasteiger partial charge in [-0.3, -0.25) is 9.52 Å². The fourth-order valence-electron chi connectivity index (χ4n) is 3.41. The van der Waals surface area contributed by atoms with Crippen LogP contribution in [-0.4, -0.2) is 26.5 Å². The molecular formula is C22H28N2O4S. The lowest BCUT2D eigenvalue weighted by atomic mass is 9.95. The largest absolute Gasteiger partial charge is 0.481 e. The number of anilines is 1. The summed E-state index contributed by atoms with van der Waals surface area (Å²) in [4.78, 5) is 12.5. The molecule has 1 aliphatic carbocycles. The standard InChI is InChI=1S/C22H28N2O4S/c1-16-8-6-7-11-21(16)24-29(26,27)20-14-12-19(13-15-20)28-17(2)22(25)23-18-9-4-3-5-10-18/h6-8,11-15,17-18,24H,3-5,9-10H2,1-2H3,(H,23,25)/t17-/m0/s1. The lowest BCUT2D eigenvalue weighted by molar-refractivity contribution is -0.128. The van der Waals surface area contributed by atoms with Crippen molar-refractivity contribution in [2.75, 3.05) is 4.72 Å². The molecule has 2 N–H and O–H groups in total. The van der Waals surface area contributed by atoms with Crippen LogP contribution in [0.25, 0.3) is 0 Å². The number of sulfonamides is 1. The van der Waals surface area contributed by atoms with Crippen LogP contribution in [0, 0.1) is 6.92 Å². The summed E-state index contributed by atoms with van der Waals surface area (Å²) in [5.41, 5.74) is 1.38. The number of rotatable bonds is 7. The third kappa shape index (κ3) is 5.73. The molecule has 156 valence electrons. The molecule has 0 saturated heterocycles. The van der Waals surface area contributed by atoms with E-state index in [0.717, 1.165) is 31.2 Å². The van der Waals surface area contributed by atoms with Gasteiger partial charge in [-0.2, -0.15) is 0 Å². The Bertz CT molecular complexity index is 936. The van der Waals surface area contributed by atoms with Gasteiger partial charge in [0, 0.05) is 6.04 Å². The molecule has 0 heterocycles. The average Bonchev–Trinajstić information content (AvgIpc) is 2.71. The van der Waals surface area contributed by atoms with Crippen LogP contribution in [0.4, 0.5) is 5.69 Å². The minimum absolute atomic E-state index is 0.132. The van der Waals surface area contributed by atoms with Gasteiger partial charge >= 0.3 is 0 Å². The molecule has 2 aromatic carbocycles. The van der Waals surface area contributed by atoms with Crippen LogP contribution in [0.2, 0.25) is 0 Å². The maximum absolute atomic E-state index is 12.6. The van der Waals surface area contributed by atoms with Crippen molar-refractivity contribution in [3.8, 4) is 5.75 Å². The molecule has 1 atom stereocenters. The molecule has 3 rings (SSSR count). The highest BCUT2D eigenvalue weighted by Gasteiger charge is 2.21. The molecule has 2 aromatic rings. The van der Waals surface area contributed by atoms with Crippen molar-refractivity contribution in [2.24, 2.45) is 0 Å². The monoisotopic (exact) mass is 416 g/mol. The van der Waals surface area contributed by atoms with Gasteiger partial charge in [-0.15, -0.1) is 0 Å². The normalized spacial score (nSPS) is 16.1. The van der Waals surface area contributed by atoms with Crippen molar-refractivity contribution >= 4 is 21.6 Å². The van der Waals surface area contributed by atoms with Crippen molar-refractivity contribution in [3.63, 3.8) is 0 Å². The number of aryl methyl sites for hydroxylation is 1. The molecule has 0 unspecified atom stereocenters. The summed E-state index contributed by atoms with van der Waals surface area (Å²) < 4.78 is 33.5. The molecule has 0 aromatic heterocycles.